The van der Waals surface area contributed by atoms with Gasteiger partial charge in [-0.1, -0.05) is 16.8 Å². The Bertz CT molecular complexity index is 540. The van der Waals surface area contributed by atoms with E-state index in [2.05, 4.69) is 20.3 Å². The minimum Gasteiger partial charge on any atom is -0.387 e. The van der Waals surface area contributed by atoms with E-state index in [9.17, 15) is 4.79 Å². The van der Waals surface area contributed by atoms with Gasteiger partial charge in [0.2, 0.25) is 0 Å². The molecular formula is C12H12ClN3O2. The summed E-state index contributed by atoms with van der Waals surface area (Å²) in [5.41, 5.74) is 1.88. The molecule has 0 radical (unpaired) electrons. The van der Waals surface area contributed by atoms with E-state index >= 15 is 0 Å². The number of amides is 1. The molecular weight excluding hydrogens is 254 g/mol. The van der Waals surface area contributed by atoms with Gasteiger partial charge in [0.25, 0.3) is 5.91 Å². The zero-order valence-electron chi connectivity index (χ0n) is 9.74. The third kappa shape index (κ3) is 2.81. The summed E-state index contributed by atoms with van der Waals surface area (Å²) in [7, 11) is 1.75. The number of nitrogens with one attached hydrogen (secondary N) is 2. The Balaban J connectivity index is 2.10. The molecule has 94 valence electrons. The maximum atomic E-state index is 12.0. The van der Waals surface area contributed by atoms with E-state index in [4.69, 9.17) is 11.6 Å². The maximum absolute atomic E-state index is 12.0. The van der Waals surface area contributed by atoms with Gasteiger partial charge in [0, 0.05) is 23.8 Å². The molecule has 0 aliphatic heterocycles. The average molecular weight is 266 g/mol. The van der Waals surface area contributed by atoms with Gasteiger partial charge in [-0.2, -0.15) is 0 Å². The topological polar surface area (TPSA) is 67.2 Å². The van der Waals surface area contributed by atoms with Crippen molar-refractivity contribution < 1.29 is 9.32 Å². The second-order valence-corrected chi connectivity index (χ2v) is 4.05. The minimum absolute atomic E-state index is 0.218. The summed E-state index contributed by atoms with van der Waals surface area (Å²) in [5, 5.41) is 9.91. The summed E-state index contributed by atoms with van der Waals surface area (Å²) >= 11 is 5.88. The van der Waals surface area contributed by atoms with Crippen molar-refractivity contribution in [3.63, 3.8) is 0 Å². The van der Waals surface area contributed by atoms with E-state index in [0.717, 1.165) is 5.69 Å². The molecule has 0 unspecified atom stereocenters. The van der Waals surface area contributed by atoms with E-state index in [1.165, 1.54) is 6.26 Å². The normalized spacial score (nSPS) is 10.1. The summed E-state index contributed by atoms with van der Waals surface area (Å²) in [4.78, 5) is 12.0. The van der Waals surface area contributed by atoms with Crippen LogP contribution in [0.3, 0.4) is 0 Å². The van der Waals surface area contributed by atoms with E-state index < -0.39 is 0 Å². The summed E-state index contributed by atoms with van der Waals surface area (Å²) < 4.78 is 4.68. The number of hydrogen-bond acceptors (Lipinski definition) is 4. The molecule has 1 heterocycles. The lowest BCUT2D eigenvalue weighted by Gasteiger charge is -2.09. The van der Waals surface area contributed by atoms with Crippen LogP contribution in [0.4, 0.5) is 5.69 Å². The highest BCUT2D eigenvalue weighted by atomic mass is 35.5. The van der Waals surface area contributed by atoms with Crippen LogP contribution in [0.2, 0.25) is 5.02 Å². The number of benzene rings is 1. The van der Waals surface area contributed by atoms with Gasteiger partial charge in [0.1, 0.15) is 12.0 Å². The average Bonchev–Trinajstić information content (AvgIpc) is 2.89. The second-order valence-electron chi connectivity index (χ2n) is 3.61. The van der Waals surface area contributed by atoms with Crippen LogP contribution in [-0.4, -0.2) is 18.1 Å². The van der Waals surface area contributed by atoms with E-state index in [1.54, 1.807) is 31.3 Å². The molecule has 18 heavy (non-hydrogen) atoms. The van der Waals surface area contributed by atoms with Crippen LogP contribution in [0.5, 0.6) is 0 Å². The van der Waals surface area contributed by atoms with Crippen LogP contribution in [0.25, 0.3) is 0 Å². The first-order valence-corrected chi connectivity index (χ1v) is 5.73. The van der Waals surface area contributed by atoms with Crippen LogP contribution in [0, 0.1) is 0 Å². The summed E-state index contributed by atoms with van der Waals surface area (Å²) in [6.45, 7) is 0.311. The highest BCUT2D eigenvalue weighted by Gasteiger charge is 2.11. The molecule has 0 aliphatic carbocycles. The number of aromatic nitrogens is 1. The number of nitrogens with zero attached hydrogens (tertiary/aromatic N) is 1. The Morgan fingerprint density at radius 1 is 1.44 bits per heavy atom. The van der Waals surface area contributed by atoms with E-state index in [0.29, 0.717) is 22.8 Å². The highest BCUT2D eigenvalue weighted by Crippen LogP contribution is 2.20. The number of halogens is 1. The third-order valence-electron chi connectivity index (χ3n) is 2.42. The maximum Gasteiger partial charge on any atom is 0.253 e. The predicted octanol–water partition coefficient (Wildman–Crippen LogP) is 2.30. The van der Waals surface area contributed by atoms with Gasteiger partial charge in [-0.15, -0.1) is 0 Å². The fraction of sp³-hybridized carbons (Fsp3) is 0.167. The summed E-state index contributed by atoms with van der Waals surface area (Å²) in [6, 6.07) is 6.79. The Morgan fingerprint density at radius 2 is 2.28 bits per heavy atom. The van der Waals surface area contributed by atoms with E-state index in [1.807, 2.05) is 0 Å². The van der Waals surface area contributed by atoms with E-state index in [-0.39, 0.29) is 5.91 Å². The zero-order chi connectivity index (χ0) is 13.0. The van der Waals surface area contributed by atoms with Crippen molar-refractivity contribution >= 4 is 23.2 Å². The Hall–Kier alpha value is -2.01. The van der Waals surface area contributed by atoms with Crippen molar-refractivity contribution in [3.05, 3.63) is 46.8 Å². The molecule has 0 bridgehead atoms. The summed E-state index contributed by atoms with van der Waals surface area (Å²) in [5.74, 6) is -0.218. The number of rotatable bonds is 4. The van der Waals surface area contributed by atoms with Crippen LogP contribution in [-0.2, 0) is 6.54 Å². The standard InChI is InChI=1S/C12H12ClN3O2/c1-14-11-3-2-8(13)6-10(11)12(17)15-7-9-4-5-18-16-9/h2-6,14H,7H2,1H3,(H,15,17). The molecule has 2 N–H and O–H groups in total. The first-order valence-electron chi connectivity index (χ1n) is 5.35. The molecule has 2 aromatic rings. The van der Waals surface area contributed by atoms with Crippen molar-refractivity contribution in [2.45, 2.75) is 6.54 Å². The first kappa shape index (κ1) is 12.4. The highest BCUT2D eigenvalue weighted by molar-refractivity contribution is 6.31. The molecule has 0 fully saturated rings. The lowest BCUT2D eigenvalue weighted by atomic mass is 10.1. The van der Waals surface area contributed by atoms with Crippen molar-refractivity contribution in [3.8, 4) is 0 Å². The number of hydrogen-bond donors (Lipinski definition) is 2. The Morgan fingerprint density at radius 3 is 2.94 bits per heavy atom. The number of anilines is 1. The van der Waals surface area contributed by atoms with Crippen molar-refractivity contribution in [2.75, 3.05) is 12.4 Å². The molecule has 0 saturated heterocycles. The zero-order valence-corrected chi connectivity index (χ0v) is 10.5. The van der Waals surface area contributed by atoms with Gasteiger partial charge >= 0.3 is 0 Å². The number of carbonyl (C=O) groups is 1. The van der Waals surface area contributed by atoms with Crippen LogP contribution >= 0.6 is 11.6 Å². The van der Waals surface area contributed by atoms with Gasteiger partial charge in [0.15, 0.2) is 0 Å². The monoisotopic (exact) mass is 265 g/mol. The lowest BCUT2D eigenvalue weighted by molar-refractivity contribution is 0.0951. The molecule has 0 spiro atoms. The minimum atomic E-state index is -0.218. The first-order chi connectivity index (χ1) is 8.70. The Kier molecular flexibility index (Phi) is 3.84. The van der Waals surface area contributed by atoms with Crippen LogP contribution < -0.4 is 10.6 Å². The molecule has 1 aromatic carbocycles. The third-order valence-corrected chi connectivity index (χ3v) is 2.65. The molecule has 1 aromatic heterocycles. The van der Waals surface area contributed by atoms with Gasteiger partial charge < -0.3 is 15.2 Å². The van der Waals surface area contributed by atoms with Gasteiger partial charge in [-0.25, -0.2) is 0 Å². The summed E-state index contributed by atoms with van der Waals surface area (Å²) in [6.07, 6.45) is 1.46. The van der Waals surface area contributed by atoms with Crippen molar-refractivity contribution in [1.82, 2.24) is 10.5 Å². The largest absolute Gasteiger partial charge is 0.387 e. The molecule has 0 saturated carbocycles. The molecule has 6 heteroatoms. The van der Waals surface area contributed by atoms with Crippen LogP contribution in [0.1, 0.15) is 16.1 Å². The number of carbonyl (C=O) groups excluding carboxylic acids is 1. The predicted molar refractivity (Wildman–Crippen MR) is 68.7 cm³/mol. The lowest BCUT2D eigenvalue weighted by Crippen LogP contribution is -2.23. The molecule has 0 atom stereocenters. The molecule has 1 amide bonds. The molecule has 0 aliphatic rings. The SMILES string of the molecule is CNc1ccc(Cl)cc1C(=O)NCc1ccon1. The van der Waals surface area contributed by atoms with Crippen molar-refractivity contribution in [2.24, 2.45) is 0 Å². The van der Waals surface area contributed by atoms with Gasteiger partial charge in [0.05, 0.1) is 12.1 Å². The van der Waals surface area contributed by atoms with Gasteiger partial charge in [-0.05, 0) is 18.2 Å². The van der Waals surface area contributed by atoms with Gasteiger partial charge in [-0.3, -0.25) is 4.79 Å². The molecule has 5 nitrogen and oxygen atoms in total. The fourth-order valence-corrected chi connectivity index (χ4v) is 1.69. The fourth-order valence-electron chi connectivity index (χ4n) is 1.52. The van der Waals surface area contributed by atoms with Crippen LogP contribution in [0.15, 0.2) is 35.1 Å². The molecule has 2 rings (SSSR count). The smallest absolute Gasteiger partial charge is 0.253 e. The second kappa shape index (κ2) is 5.55. The Labute approximate surface area is 109 Å². The van der Waals surface area contributed by atoms with Crippen molar-refractivity contribution in [1.29, 1.82) is 0 Å². The quantitative estimate of drug-likeness (QED) is 0.890.